The Balaban J connectivity index is 2.37. The first-order valence-electron chi connectivity index (χ1n) is 4.14. The highest BCUT2D eigenvalue weighted by atomic mass is 32.2. The normalized spacial score (nSPS) is 12.5. The number of thioether (sulfide) groups is 1. The number of nitrogens with zero attached hydrogens (tertiary/aromatic N) is 2. The van der Waals surface area contributed by atoms with Crippen LogP contribution in [0.15, 0.2) is 9.64 Å². The standard InChI is InChI=1S/C8H12N2O3S/c1-5(7(11)12-3)4-14-8-10-9-6(2)13-8/h5H,4H2,1-3H3. The van der Waals surface area contributed by atoms with Crippen LogP contribution in [0.4, 0.5) is 0 Å². The van der Waals surface area contributed by atoms with Crippen LogP contribution in [-0.2, 0) is 9.53 Å². The lowest BCUT2D eigenvalue weighted by molar-refractivity contribution is -0.143. The lowest BCUT2D eigenvalue weighted by atomic mass is 10.2. The first-order valence-corrected chi connectivity index (χ1v) is 5.12. The smallest absolute Gasteiger partial charge is 0.309 e. The molecule has 0 aliphatic carbocycles. The van der Waals surface area contributed by atoms with Crippen LogP contribution in [0.3, 0.4) is 0 Å². The molecular weight excluding hydrogens is 204 g/mol. The summed E-state index contributed by atoms with van der Waals surface area (Å²) in [6.07, 6.45) is 0. The molecular formula is C8H12N2O3S. The lowest BCUT2D eigenvalue weighted by Gasteiger charge is -2.05. The van der Waals surface area contributed by atoms with Gasteiger partial charge in [-0.1, -0.05) is 18.7 Å². The van der Waals surface area contributed by atoms with Gasteiger partial charge >= 0.3 is 5.97 Å². The number of methoxy groups -OCH3 is 1. The van der Waals surface area contributed by atoms with Gasteiger partial charge in [-0.05, 0) is 0 Å². The van der Waals surface area contributed by atoms with Crippen molar-refractivity contribution in [2.24, 2.45) is 5.92 Å². The third kappa shape index (κ3) is 3.02. The number of ether oxygens (including phenoxy) is 1. The quantitative estimate of drug-likeness (QED) is 0.558. The minimum absolute atomic E-state index is 0.169. The Hall–Kier alpha value is -1.04. The van der Waals surface area contributed by atoms with Crippen LogP contribution in [0.25, 0.3) is 0 Å². The van der Waals surface area contributed by atoms with Crippen LogP contribution >= 0.6 is 11.8 Å². The molecule has 0 spiro atoms. The van der Waals surface area contributed by atoms with Crippen molar-refractivity contribution in [2.45, 2.75) is 19.1 Å². The van der Waals surface area contributed by atoms with Gasteiger partial charge in [0.15, 0.2) is 0 Å². The molecule has 0 aromatic carbocycles. The number of carbonyl (C=O) groups excluding carboxylic acids is 1. The van der Waals surface area contributed by atoms with Crippen molar-refractivity contribution in [2.75, 3.05) is 12.9 Å². The Bertz CT molecular complexity index is 313. The largest absolute Gasteiger partial charge is 0.469 e. The van der Waals surface area contributed by atoms with E-state index in [1.807, 2.05) is 0 Å². The Labute approximate surface area is 86.2 Å². The van der Waals surface area contributed by atoms with E-state index in [4.69, 9.17) is 4.42 Å². The van der Waals surface area contributed by atoms with Gasteiger partial charge in [0.2, 0.25) is 5.89 Å². The first-order chi connectivity index (χ1) is 6.63. The highest BCUT2D eigenvalue weighted by Crippen LogP contribution is 2.19. The van der Waals surface area contributed by atoms with Crippen molar-refractivity contribution >= 4 is 17.7 Å². The van der Waals surface area contributed by atoms with Gasteiger partial charge in [-0.15, -0.1) is 10.2 Å². The van der Waals surface area contributed by atoms with Crippen LogP contribution in [-0.4, -0.2) is 29.0 Å². The molecule has 14 heavy (non-hydrogen) atoms. The topological polar surface area (TPSA) is 65.2 Å². The summed E-state index contributed by atoms with van der Waals surface area (Å²) < 4.78 is 9.72. The molecule has 0 bridgehead atoms. The monoisotopic (exact) mass is 216 g/mol. The fraction of sp³-hybridized carbons (Fsp3) is 0.625. The predicted octanol–water partition coefficient (Wildman–Crippen LogP) is 1.28. The first kappa shape index (κ1) is 11.0. The summed E-state index contributed by atoms with van der Waals surface area (Å²) in [6.45, 7) is 3.52. The molecule has 0 saturated heterocycles. The van der Waals surface area contributed by atoms with Crippen LogP contribution in [0.2, 0.25) is 0 Å². The molecule has 0 amide bonds. The van der Waals surface area contributed by atoms with Gasteiger partial charge < -0.3 is 9.15 Å². The Morgan fingerprint density at radius 3 is 2.86 bits per heavy atom. The number of esters is 1. The van der Waals surface area contributed by atoms with E-state index in [1.54, 1.807) is 13.8 Å². The van der Waals surface area contributed by atoms with Gasteiger partial charge in [0.1, 0.15) is 0 Å². The number of hydrogen-bond donors (Lipinski definition) is 0. The molecule has 1 heterocycles. The molecule has 1 aromatic heterocycles. The molecule has 0 saturated carbocycles. The molecule has 0 fully saturated rings. The van der Waals surface area contributed by atoms with E-state index in [1.165, 1.54) is 18.9 Å². The van der Waals surface area contributed by atoms with Gasteiger partial charge in [0.25, 0.3) is 5.22 Å². The van der Waals surface area contributed by atoms with E-state index in [2.05, 4.69) is 14.9 Å². The fourth-order valence-electron chi connectivity index (χ4n) is 0.802. The van der Waals surface area contributed by atoms with Gasteiger partial charge in [-0.2, -0.15) is 0 Å². The summed E-state index contributed by atoms with van der Waals surface area (Å²) in [6, 6.07) is 0. The zero-order valence-electron chi connectivity index (χ0n) is 8.31. The van der Waals surface area contributed by atoms with Crippen molar-refractivity contribution in [3.05, 3.63) is 5.89 Å². The summed E-state index contributed by atoms with van der Waals surface area (Å²) in [4.78, 5) is 11.0. The van der Waals surface area contributed by atoms with Crippen LogP contribution in [0.1, 0.15) is 12.8 Å². The van der Waals surface area contributed by atoms with Crippen LogP contribution in [0.5, 0.6) is 0 Å². The fourth-order valence-corrected chi connectivity index (χ4v) is 1.61. The van der Waals surface area contributed by atoms with Crippen molar-refractivity contribution in [3.8, 4) is 0 Å². The average molecular weight is 216 g/mol. The summed E-state index contributed by atoms with van der Waals surface area (Å²) in [5, 5.41) is 7.96. The van der Waals surface area contributed by atoms with E-state index in [9.17, 15) is 4.79 Å². The number of aryl methyl sites for hydroxylation is 1. The van der Waals surface area contributed by atoms with Gasteiger partial charge in [-0.3, -0.25) is 4.79 Å². The second-order valence-electron chi connectivity index (χ2n) is 2.82. The number of rotatable bonds is 4. The highest BCUT2D eigenvalue weighted by Gasteiger charge is 2.14. The van der Waals surface area contributed by atoms with Gasteiger partial charge in [0.05, 0.1) is 13.0 Å². The third-order valence-corrected chi connectivity index (χ3v) is 2.65. The molecule has 5 nitrogen and oxygen atoms in total. The average Bonchev–Trinajstić information content (AvgIpc) is 2.59. The van der Waals surface area contributed by atoms with Crippen LogP contribution in [0, 0.1) is 12.8 Å². The van der Waals surface area contributed by atoms with Crippen molar-refractivity contribution in [1.82, 2.24) is 10.2 Å². The lowest BCUT2D eigenvalue weighted by Crippen LogP contribution is -2.14. The summed E-state index contributed by atoms with van der Waals surface area (Å²) in [5.41, 5.74) is 0. The minimum Gasteiger partial charge on any atom is -0.469 e. The Kier molecular flexibility index (Phi) is 3.94. The molecule has 0 N–H and O–H groups in total. The zero-order chi connectivity index (χ0) is 10.6. The minimum atomic E-state index is -0.228. The maximum Gasteiger partial charge on any atom is 0.309 e. The van der Waals surface area contributed by atoms with E-state index in [-0.39, 0.29) is 11.9 Å². The molecule has 1 atom stereocenters. The maximum atomic E-state index is 11.0. The van der Waals surface area contributed by atoms with Gasteiger partial charge in [-0.25, -0.2) is 0 Å². The van der Waals surface area contributed by atoms with E-state index >= 15 is 0 Å². The molecule has 1 rings (SSSR count). The predicted molar refractivity (Wildman–Crippen MR) is 50.9 cm³/mol. The number of aromatic nitrogens is 2. The van der Waals surface area contributed by atoms with E-state index < -0.39 is 0 Å². The van der Waals surface area contributed by atoms with Crippen molar-refractivity contribution in [1.29, 1.82) is 0 Å². The zero-order valence-corrected chi connectivity index (χ0v) is 9.13. The molecule has 0 radical (unpaired) electrons. The van der Waals surface area contributed by atoms with Gasteiger partial charge in [0, 0.05) is 12.7 Å². The second kappa shape index (κ2) is 4.99. The second-order valence-corrected chi connectivity index (χ2v) is 3.79. The van der Waals surface area contributed by atoms with Crippen molar-refractivity contribution < 1.29 is 13.9 Å². The van der Waals surface area contributed by atoms with Crippen LogP contribution < -0.4 is 0 Å². The Morgan fingerprint density at radius 1 is 1.64 bits per heavy atom. The molecule has 78 valence electrons. The SMILES string of the molecule is COC(=O)C(C)CSc1nnc(C)o1. The van der Waals surface area contributed by atoms with Crippen molar-refractivity contribution in [3.63, 3.8) is 0 Å². The molecule has 1 aromatic rings. The molecule has 0 aliphatic heterocycles. The summed E-state index contributed by atoms with van der Waals surface area (Å²) in [5.74, 6) is 0.707. The molecule has 0 aliphatic rings. The van der Waals surface area contributed by atoms with E-state index in [0.29, 0.717) is 16.9 Å². The van der Waals surface area contributed by atoms with E-state index in [0.717, 1.165) is 0 Å². The maximum absolute atomic E-state index is 11.0. The summed E-state index contributed by atoms with van der Waals surface area (Å²) in [7, 11) is 1.38. The number of carbonyl (C=O) groups is 1. The number of hydrogen-bond acceptors (Lipinski definition) is 6. The molecule has 1 unspecified atom stereocenters. The molecule has 6 heteroatoms. The Morgan fingerprint density at radius 2 is 2.36 bits per heavy atom. The summed E-state index contributed by atoms with van der Waals surface area (Å²) >= 11 is 1.35. The third-order valence-electron chi connectivity index (χ3n) is 1.57. The highest BCUT2D eigenvalue weighted by molar-refractivity contribution is 7.99.